The Bertz CT molecular complexity index is 999. The molecular weight excluding hydrogens is 408 g/mol. The summed E-state index contributed by atoms with van der Waals surface area (Å²) in [5, 5.41) is 3.26. The summed E-state index contributed by atoms with van der Waals surface area (Å²) in [6.45, 7) is 11.3. The Kier molecular flexibility index (Phi) is 5.54. The molecule has 0 saturated heterocycles. The number of nitrogens with zero attached hydrogens (tertiary/aromatic N) is 1. The molecule has 0 radical (unpaired) electrons. The van der Waals surface area contributed by atoms with E-state index in [1.54, 1.807) is 0 Å². The van der Waals surface area contributed by atoms with E-state index in [9.17, 15) is 9.59 Å². The van der Waals surface area contributed by atoms with E-state index < -0.39 is 0 Å². The fourth-order valence-electron chi connectivity index (χ4n) is 8.32. The molecule has 5 rings (SSSR count). The number of carbonyl (C=O) groups excluding carboxylic acids is 2. The number of para-hydroxylation sites is 1. The SMILES string of the molecule is C=CCN1C(=O)C=C[C@@]2(C)C1CC[C@@H]1[C@H]2CC[C@]2(C)C(C(=O)Nc3ccccc3C)CC[C@@H]12. The molecule has 7 atom stereocenters. The number of nitrogens with one attached hydrogen (secondary N) is 1. The van der Waals surface area contributed by atoms with Gasteiger partial charge in [0, 0.05) is 29.6 Å². The number of anilines is 1. The van der Waals surface area contributed by atoms with Gasteiger partial charge in [0.15, 0.2) is 0 Å². The maximum atomic E-state index is 13.5. The van der Waals surface area contributed by atoms with Crippen LogP contribution in [0.2, 0.25) is 0 Å². The monoisotopic (exact) mass is 446 g/mol. The highest BCUT2D eigenvalue weighted by Gasteiger charge is 2.61. The third kappa shape index (κ3) is 3.40. The topological polar surface area (TPSA) is 49.4 Å². The summed E-state index contributed by atoms with van der Waals surface area (Å²) in [5.74, 6) is 2.20. The average molecular weight is 447 g/mol. The third-order valence-electron chi connectivity index (χ3n) is 10.0. The minimum absolute atomic E-state index is 0.0165. The smallest absolute Gasteiger partial charge is 0.246 e. The summed E-state index contributed by atoms with van der Waals surface area (Å²) < 4.78 is 0. The lowest BCUT2D eigenvalue weighted by molar-refractivity contribution is -0.142. The molecule has 3 saturated carbocycles. The maximum absolute atomic E-state index is 13.5. The second-order valence-corrected chi connectivity index (χ2v) is 11.4. The van der Waals surface area contributed by atoms with Gasteiger partial charge in [0.1, 0.15) is 0 Å². The molecule has 4 aliphatic rings. The summed E-state index contributed by atoms with van der Waals surface area (Å²) in [5.41, 5.74) is 2.13. The standard InChI is InChI=1S/C29H38N2O2/c1-5-18-31-25-13-10-20-21-11-12-23(27(33)30-24-9-7-6-8-19(24)2)28(21,3)16-14-22(20)29(25,4)17-15-26(31)32/h5-9,15,17,20-23,25H,1,10-14,16,18H2,2-4H3,(H,30,33)/t20-,21-,22+,23?,25?,28-,29+/m0/s1. The zero-order chi connectivity index (χ0) is 23.4. The molecule has 1 heterocycles. The zero-order valence-corrected chi connectivity index (χ0v) is 20.3. The van der Waals surface area contributed by atoms with Gasteiger partial charge in [0.2, 0.25) is 11.8 Å². The van der Waals surface area contributed by atoms with Crippen LogP contribution >= 0.6 is 0 Å². The Hall–Kier alpha value is -2.36. The molecule has 33 heavy (non-hydrogen) atoms. The minimum atomic E-state index is 0.0165. The van der Waals surface area contributed by atoms with Crippen LogP contribution in [-0.4, -0.2) is 29.3 Å². The number of amides is 2. The fourth-order valence-corrected chi connectivity index (χ4v) is 8.32. The Labute approximate surface area is 198 Å². The van der Waals surface area contributed by atoms with Crippen LogP contribution in [0.4, 0.5) is 5.69 Å². The summed E-state index contributed by atoms with van der Waals surface area (Å²) in [7, 11) is 0. The molecule has 2 amide bonds. The number of hydrogen-bond donors (Lipinski definition) is 1. The van der Waals surface area contributed by atoms with Gasteiger partial charge >= 0.3 is 0 Å². The third-order valence-corrected chi connectivity index (χ3v) is 10.0. The molecule has 4 nitrogen and oxygen atoms in total. The molecule has 3 fully saturated rings. The van der Waals surface area contributed by atoms with Crippen LogP contribution in [0, 0.1) is 41.4 Å². The van der Waals surface area contributed by atoms with Crippen molar-refractivity contribution in [2.45, 2.75) is 65.3 Å². The first-order valence-electron chi connectivity index (χ1n) is 12.8. The van der Waals surface area contributed by atoms with Crippen molar-refractivity contribution in [2.75, 3.05) is 11.9 Å². The van der Waals surface area contributed by atoms with Crippen molar-refractivity contribution >= 4 is 17.5 Å². The van der Waals surface area contributed by atoms with E-state index in [0.717, 1.165) is 49.8 Å². The molecule has 0 bridgehead atoms. The van der Waals surface area contributed by atoms with Gasteiger partial charge in [-0.25, -0.2) is 0 Å². The molecule has 1 aromatic rings. The van der Waals surface area contributed by atoms with Gasteiger partial charge in [0.25, 0.3) is 0 Å². The van der Waals surface area contributed by atoms with Crippen LogP contribution in [0.1, 0.15) is 57.9 Å². The van der Waals surface area contributed by atoms with E-state index in [1.165, 1.54) is 0 Å². The van der Waals surface area contributed by atoms with Crippen molar-refractivity contribution < 1.29 is 9.59 Å². The first-order valence-corrected chi connectivity index (χ1v) is 12.8. The van der Waals surface area contributed by atoms with Gasteiger partial charge in [-0.05, 0) is 86.3 Å². The van der Waals surface area contributed by atoms with Crippen LogP contribution in [-0.2, 0) is 9.59 Å². The Balaban J connectivity index is 1.38. The summed E-state index contributed by atoms with van der Waals surface area (Å²) in [6.07, 6.45) is 12.5. The molecule has 1 N–H and O–H groups in total. The Morgan fingerprint density at radius 1 is 1.15 bits per heavy atom. The van der Waals surface area contributed by atoms with Crippen molar-refractivity contribution in [3.8, 4) is 0 Å². The van der Waals surface area contributed by atoms with Crippen molar-refractivity contribution in [2.24, 2.45) is 34.5 Å². The molecule has 0 aromatic heterocycles. The van der Waals surface area contributed by atoms with Crippen LogP contribution in [0.15, 0.2) is 49.1 Å². The lowest BCUT2D eigenvalue weighted by atomic mass is 9.47. The van der Waals surface area contributed by atoms with Crippen LogP contribution in [0.5, 0.6) is 0 Å². The van der Waals surface area contributed by atoms with E-state index in [-0.39, 0.29) is 34.6 Å². The number of hydrogen-bond acceptors (Lipinski definition) is 2. The fraction of sp³-hybridized carbons (Fsp3) is 0.586. The second-order valence-electron chi connectivity index (χ2n) is 11.4. The molecular formula is C29H38N2O2. The summed E-state index contributed by atoms with van der Waals surface area (Å²) in [6, 6.07) is 8.33. The van der Waals surface area contributed by atoms with Gasteiger partial charge in [-0.2, -0.15) is 0 Å². The van der Waals surface area contributed by atoms with Gasteiger partial charge in [-0.3, -0.25) is 9.59 Å². The second kappa shape index (κ2) is 8.14. The van der Waals surface area contributed by atoms with Crippen molar-refractivity contribution in [1.82, 2.24) is 4.90 Å². The highest BCUT2D eigenvalue weighted by molar-refractivity contribution is 5.94. The Morgan fingerprint density at radius 3 is 2.70 bits per heavy atom. The van der Waals surface area contributed by atoms with E-state index in [0.29, 0.717) is 24.3 Å². The molecule has 4 heteroatoms. The molecule has 2 unspecified atom stereocenters. The van der Waals surface area contributed by atoms with Gasteiger partial charge < -0.3 is 10.2 Å². The quantitative estimate of drug-likeness (QED) is 0.599. The van der Waals surface area contributed by atoms with Crippen molar-refractivity contribution in [1.29, 1.82) is 0 Å². The summed E-state index contributed by atoms with van der Waals surface area (Å²) >= 11 is 0. The average Bonchev–Trinajstić information content (AvgIpc) is 3.15. The lowest BCUT2D eigenvalue weighted by Crippen LogP contribution is -2.60. The maximum Gasteiger partial charge on any atom is 0.246 e. The van der Waals surface area contributed by atoms with Crippen LogP contribution < -0.4 is 5.32 Å². The molecule has 1 aromatic carbocycles. The molecule has 3 aliphatic carbocycles. The van der Waals surface area contributed by atoms with E-state index in [1.807, 2.05) is 35.3 Å². The zero-order valence-electron chi connectivity index (χ0n) is 20.3. The largest absolute Gasteiger partial charge is 0.332 e. The van der Waals surface area contributed by atoms with E-state index in [2.05, 4.69) is 44.8 Å². The van der Waals surface area contributed by atoms with Crippen LogP contribution in [0.25, 0.3) is 0 Å². The predicted molar refractivity (Wildman–Crippen MR) is 133 cm³/mol. The highest BCUT2D eigenvalue weighted by Crippen LogP contribution is 2.65. The number of carbonyl (C=O) groups is 2. The number of fused-ring (bicyclic) bond motifs is 5. The normalized spacial score (nSPS) is 39.4. The van der Waals surface area contributed by atoms with Gasteiger partial charge in [-0.15, -0.1) is 6.58 Å². The highest BCUT2D eigenvalue weighted by atomic mass is 16.2. The van der Waals surface area contributed by atoms with Crippen molar-refractivity contribution in [3.05, 3.63) is 54.6 Å². The van der Waals surface area contributed by atoms with Gasteiger partial charge in [0.05, 0.1) is 0 Å². The van der Waals surface area contributed by atoms with E-state index >= 15 is 0 Å². The molecule has 1 aliphatic heterocycles. The number of rotatable bonds is 4. The predicted octanol–water partition coefficient (Wildman–Crippen LogP) is 5.75. The first-order chi connectivity index (χ1) is 15.8. The number of aryl methyl sites for hydroxylation is 1. The van der Waals surface area contributed by atoms with Crippen LogP contribution in [0.3, 0.4) is 0 Å². The number of benzene rings is 1. The molecule has 176 valence electrons. The molecule has 0 spiro atoms. The first kappa shape index (κ1) is 22.4. The minimum Gasteiger partial charge on any atom is -0.332 e. The Morgan fingerprint density at radius 2 is 1.94 bits per heavy atom. The summed E-state index contributed by atoms with van der Waals surface area (Å²) in [4.78, 5) is 28.1. The lowest BCUT2D eigenvalue weighted by Gasteiger charge is -2.60. The van der Waals surface area contributed by atoms with Crippen molar-refractivity contribution in [3.63, 3.8) is 0 Å². The van der Waals surface area contributed by atoms with Gasteiger partial charge in [-0.1, -0.05) is 44.2 Å². The van der Waals surface area contributed by atoms with E-state index in [4.69, 9.17) is 0 Å².